The summed E-state index contributed by atoms with van der Waals surface area (Å²) >= 11 is 1.24. The van der Waals surface area contributed by atoms with E-state index in [-0.39, 0.29) is 19.0 Å². The number of methoxy groups -OCH3 is 1. The Morgan fingerprint density at radius 2 is 2.26 bits per heavy atom. The number of nitrogens with one attached hydrogen (secondary N) is 1. The summed E-state index contributed by atoms with van der Waals surface area (Å²) in [5, 5.41) is 11.5. The number of esters is 1. The highest BCUT2D eigenvalue weighted by Gasteiger charge is 2.25. The molecular weight excluding hydrogens is 320 g/mol. The lowest BCUT2D eigenvalue weighted by atomic mass is 10.2. The van der Waals surface area contributed by atoms with E-state index in [1.807, 2.05) is 6.07 Å². The molecule has 1 amide bonds. The van der Waals surface area contributed by atoms with E-state index in [1.54, 1.807) is 30.2 Å². The molecule has 1 aliphatic heterocycles. The number of hydrogen-bond donors (Lipinski definition) is 1. The van der Waals surface area contributed by atoms with Gasteiger partial charge in [-0.3, -0.25) is 10.1 Å². The molecule has 0 radical (unpaired) electrons. The molecule has 9 heteroatoms. The minimum absolute atomic E-state index is 0.0192. The molecule has 3 rings (SSSR count). The molecule has 0 fully saturated rings. The number of carbonyl (C=O) groups is 2. The molecule has 1 N–H and O–H groups in total. The highest BCUT2D eigenvalue weighted by molar-refractivity contribution is 7.15. The highest BCUT2D eigenvalue weighted by Crippen LogP contribution is 2.31. The number of rotatable bonds is 5. The number of carbonyl (C=O) groups excluding carboxylic acids is 2. The Morgan fingerprint density at radius 1 is 1.43 bits per heavy atom. The smallest absolute Gasteiger partial charge is 0.331 e. The molecule has 23 heavy (non-hydrogen) atoms. The molecule has 1 aromatic heterocycles. The molecule has 1 aromatic carbocycles. The van der Waals surface area contributed by atoms with Crippen molar-refractivity contribution in [2.75, 3.05) is 30.4 Å². The van der Waals surface area contributed by atoms with Gasteiger partial charge in [-0.05, 0) is 12.1 Å². The molecule has 1 aliphatic rings. The van der Waals surface area contributed by atoms with Gasteiger partial charge in [-0.25, -0.2) is 4.79 Å². The minimum Gasteiger partial charge on any atom is -0.423 e. The van der Waals surface area contributed by atoms with Crippen molar-refractivity contribution < 1.29 is 19.1 Å². The number of anilines is 2. The van der Waals surface area contributed by atoms with Crippen LogP contribution in [0.1, 0.15) is 5.01 Å². The normalized spacial score (nSPS) is 13.4. The summed E-state index contributed by atoms with van der Waals surface area (Å²) in [4.78, 5) is 25.4. The molecule has 0 spiro atoms. The molecule has 0 saturated carbocycles. The van der Waals surface area contributed by atoms with Crippen molar-refractivity contribution in [3.63, 3.8) is 0 Å². The van der Waals surface area contributed by atoms with E-state index in [0.29, 0.717) is 28.2 Å². The van der Waals surface area contributed by atoms with Crippen LogP contribution in [0.4, 0.5) is 10.8 Å². The van der Waals surface area contributed by atoms with Crippen molar-refractivity contribution >= 4 is 34.0 Å². The first kappa shape index (κ1) is 15.4. The van der Waals surface area contributed by atoms with E-state index < -0.39 is 5.97 Å². The average Bonchev–Trinajstić information content (AvgIpc) is 2.94. The van der Waals surface area contributed by atoms with Gasteiger partial charge in [0, 0.05) is 7.11 Å². The average molecular weight is 334 g/mol. The Bertz CT molecular complexity index is 733. The zero-order valence-electron chi connectivity index (χ0n) is 12.3. The van der Waals surface area contributed by atoms with E-state index in [2.05, 4.69) is 15.5 Å². The van der Waals surface area contributed by atoms with Crippen molar-refractivity contribution in [1.82, 2.24) is 10.2 Å². The number of para-hydroxylation sites is 2. The van der Waals surface area contributed by atoms with Gasteiger partial charge in [-0.2, -0.15) is 0 Å². The summed E-state index contributed by atoms with van der Waals surface area (Å²) in [6.45, 7) is 0.389. The van der Waals surface area contributed by atoms with Crippen molar-refractivity contribution in [1.29, 1.82) is 0 Å². The Kier molecular flexibility index (Phi) is 4.49. The number of nitrogens with zero attached hydrogens (tertiary/aromatic N) is 3. The third-order valence-corrected chi connectivity index (χ3v) is 3.88. The maximum Gasteiger partial charge on any atom is 0.331 e. The summed E-state index contributed by atoms with van der Waals surface area (Å²) in [5.41, 5.74) is 0.708. The molecular formula is C14H14N4O4S. The zero-order chi connectivity index (χ0) is 16.2. The van der Waals surface area contributed by atoms with Crippen LogP contribution < -0.4 is 15.0 Å². The lowest BCUT2D eigenvalue weighted by molar-refractivity contribution is -0.133. The van der Waals surface area contributed by atoms with Crippen LogP contribution in [0.15, 0.2) is 24.3 Å². The third-order valence-electron chi connectivity index (χ3n) is 3.07. The fourth-order valence-corrected chi connectivity index (χ4v) is 2.89. The third kappa shape index (κ3) is 3.63. The highest BCUT2D eigenvalue weighted by atomic mass is 32.1. The van der Waals surface area contributed by atoms with Crippen LogP contribution in [0.5, 0.6) is 5.75 Å². The SMILES string of the molecule is COCc1nnc(NC(=O)CN2CC(=O)Oc3ccccc32)s1. The second-order valence-electron chi connectivity index (χ2n) is 4.78. The largest absolute Gasteiger partial charge is 0.423 e. The summed E-state index contributed by atoms with van der Waals surface area (Å²) in [7, 11) is 1.56. The summed E-state index contributed by atoms with van der Waals surface area (Å²) in [5.74, 6) is -0.223. The van der Waals surface area contributed by atoms with Gasteiger partial charge in [0.15, 0.2) is 5.75 Å². The Balaban J connectivity index is 1.66. The van der Waals surface area contributed by atoms with Crippen LogP contribution in [0.2, 0.25) is 0 Å². The van der Waals surface area contributed by atoms with Gasteiger partial charge in [-0.15, -0.1) is 10.2 Å². The fourth-order valence-electron chi connectivity index (χ4n) is 2.16. The summed E-state index contributed by atoms with van der Waals surface area (Å²) < 4.78 is 10.1. The standard InChI is InChI=1S/C14H14N4O4S/c1-21-8-12-16-17-14(23-12)15-11(19)6-18-7-13(20)22-10-5-3-2-4-9(10)18/h2-5H,6-8H2,1H3,(H,15,17,19). The van der Waals surface area contributed by atoms with Gasteiger partial charge in [0.2, 0.25) is 11.0 Å². The van der Waals surface area contributed by atoms with Gasteiger partial charge in [-0.1, -0.05) is 23.5 Å². The minimum atomic E-state index is -0.394. The quantitative estimate of drug-likeness (QED) is 0.645. The predicted octanol–water partition coefficient (Wildman–Crippen LogP) is 1.05. The van der Waals surface area contributed by atoms with Crippen molar-refractivity contribution in [3.8, 4) is 5.75 Å². The monoisotopic (exact) mass is 334 g/mol. The van der Waals surface area contributed by atoms with E-state index >= 15 is 0 Å². The van der Waals surface area contributed by atoms with E-state index in [0.717, 1.165) is 0 Å². The molecule has 120 valence electrons. The Morgan fingerprint density at radius 3 is 3.09 bits per heavy atom. The second kappa shape index (κ2) is 6.71. The maximum absolute atomic E-state index is 12.2. The molecule has 0 bridgehead atoms. The number of amides is 1. The molecule has 0 atom stereocenters. The molecule has 2 aromatic rings. The summed E-state index contributed by atoms with van der Waals surface area (Å²) in [6.07, 6.45) is 0. The zero-order valence-corrected chi connectivity index (χ0v) is 13.1. The van der Waals surface area contributed by atoms with Gasteiger partial charge in [0.05, 0.1) is 12.2 Å². The van der Waals surface area contributed by atoms with E-state index in [9.17, 15) is 9.59 Å². The molecule has 2 heterocycles. The van der Waals surface area contributed by atoms with Gasteiger partial charge < -0.3 is 14.4 Å². The first-order chi connectivity index (χ1) is 11.2. The molecule has 0 saturated heterocycles. The van der Waals surface area contributed by atoms with Crippen molar-refractivity contribution in [3.05, 3.63) is 29.3 Å². The molecule has 0 unspecified atom stereocenters. The Hall–Kier alpha value is -2.52. The van der Waals surface area contributed by atoms with Crippen molar-refractivity contribution in [2.45, 2.75) is 6.61 Å². The van der Waals surface area contributed by atoms with Crippen LogP contribution in [0.3, 0.4) is 0 Å². The van der Waals surface area contributed by atoms with Crippen LogP contribution in [-0.4, -0.2) is 42.3 Å². The topological polar surface area (TPSA) is 93.7 Å². The number of hydrogen-bond acceptors (Lipinski definition) is 8. The van der Waals surface area contributed by atoms with Gasteiger partial charge >= 0.3 is 5.97 Å². The van der Waals surface area contributed by atoms with Crippen LogP contribution >= 0.6 is 11.3 Å². The van der Waals surface area contributed by atoms with Crippen LogP contribution in [-0.2, 0) is 20.9 Å². The second-order valence-corrected chi connectivity index (χ2v) is 5.84. The predicted molar refractivity (Wildman–Crippen MR) is 83.5 cm³/mol. The molecule has 8 nitrogen and oxygen atoms in total. The fraction of sp³-hybridized carbons (Fsp3) is 0.286. The van der Waals surface area contributed by atoms with Gasteiger partial charge in [0.25, 0.3) is 0 Å². The lowest BCUT2D eigenvalue weighted by Gasteiger charge is -2.28. The summed E-state index contributed by atoms with van der Waals surface area (Å²) in [6, 6.07) is 7.09. The first-order valence-electron chi connectivity index (χ1n) is 6.81. The number of fused-ring (bicyclic) bond motifs is 1. The van der Waals surface area contributed by atoms with E-state index in [4.69, 9.17) is 9.47 Å². The van der Waals surface area contributed by atoms with E-state index in [1.165, 1.54) is 11.3 Å². The van der Waals surface area contributed by atoms with Crippen LogP contribution in [0, 0.1) is 0 Å². The number of aromatic nitrogens is 2. The number of benzene rings is 1. The van der Waals surface area contributed by atoms with Gasteiger partial charge in [0.1, 0.15) is 18.2 Å². The van der Waals surface area contributed by atoms with Crippen molar-refractivity contribution in [2.24, 2.45) is 0 Å². The maximum atomic E-state index is 12.2. The number of ether oxygens (including phenoxy) is 2. The molecule has 0 aliphatic carbocycles. The Labute approximate surface area is 136 Å². The first-order valence-corrected chi connectivity index (χ1v) is 7.63. The van der Waals surface area contributed by atoms with Crippen LogP contribution in [0.25, 0.3) is 0 Å². The lowest BCUT2D eigenvalue weighted by Crippen LogP contribution is -2.41.